The van der Waals surface area contributed by atoms with Crippen LogP contribution in [-0.2, 0) is 14.3 Å². The van der Waals surface area contributed by atoms with Crippen molar-refractivity contribution in [2.24, 2.45) is 5.41 Å². The maximum absolute atomic E-state index is 12.4. The first-order valence-corrected chi connectivity index (χ1v) is 6.66. The van der Waals surface area contributed by atoms with Crippen molar-refractivity contribution in [1.29, 1.82) is 0 Å². The average Bonchev–Trinajstić information content (AvgIpc) is 2.47. The van der Waals surface area contributed by atoms with Crippen LogP contribution in [0.25, 0.3) is 0 Å². The van der Waals surface area contributed by atoms with E-state index in [9.17, 15) is 4.79 Å². The fraction of sp³-hybridized carbons (Fsp3) is 0.353. The van der Waals surface area contributed by atoms with E-state index >= 15 is 0 Å². The second kappa shape index (κ2) is 6.06. The van der Waals surface area contributed by atoms with Gasteiger partial charge in [0.25, 0.3) is 0 Å². The molecule has 1 aliphatic heterocycles. The van der Waals surface area contributed by atoms with Gasteiger partial charge in [-0.15, -0.1) is 6.58 Å². The van der Waals surface area contributed by atoms with Gasteiger partial charge in [-0.2, -0.15) is 0 Å². The Bertz CT molecular complexity index is 506. The molecule has 0 saturated carbocycles. The van der Waals surface area contributed by atoms with Crippen LogP contribution in [0.15, 0.2) is 55.1 Å². The van der Waals surface area contributed by atoms with E-state index in [1.54, 1.807) is 6.08 Å². The largest absolute Gasteiger partial charge is 0.468 e. The number of allylic oxidation sites excluding steroid dienone is 1. The number of methoxy groups -OCH3 is 1. The van der Waals surface area contributed by atoms with E-state index in [2.05, 4.69) is 13.2 Å². The van der Waals surface area contributed by atoms with Gasteiger partial charge in [-0.25, -0.2) is 0 Å². The summed E-state index contributed by atoms with van der Waals surface area (Å²) in [6.07, 6.45) is 2.47. The lowest BCUT2D eigenvalue weighted by atomic mass is 9.70. The molecule has 1 aromatic carbocycles. The van der Waals surface area contributed by atoms with Crippen molar-refractivity contribution in [3.63, 3.8) is 0 Å². The zero-order chi connectivity index (χ0) is 14.6. The fourth-order valence-electron chi connectivity index (χ4n) is 2.90. The summed E-state index contributed by atoms with van der Waals surface area (Å²) in [5.74, 6) is -0.271. The highest BCUT2D eigenvalue weighted by molar-refractivity contribution is 5.79. The van der Waals surface area contributed by atoms with Crippen molar-refractivity contribution >= 4 is 5.97 Å². The number of hydrogen-bond donors (Lipinski definition) is 0. The number of rotatable bonds is 4. The second-order valence-electron chi connectivity index (χ2n) is 5.17. The molecule has 2 rings (SSSR count). The number of benzene rings is 1. The summed E-state index contributed by atoms with van der Waals surface area (Å²) in [4.78, 5) is 12.4. The maximum Gasteiger partial charge on any atom is 0.315 e. The molecule has 1 aromatic rings. The Kier molecular flexibility index (Phi) is 4.40. The van der Waals surface area contributed by atoms with E-state index in [0.717, 1.165) is 11.1 Å². The van der Waals surface area contributed by atoms with Gasteiger partial charge in [0, 0.05) is 0 Å². The van der Waals surface area contributed by atoms with Crippen LogP contribution in [-0.4, -0.2) is 19.7 Å². The highest BCUT2D eigenvalue weighted by atomic mass is 16.5. The van der Waals surface area contributed by atoms with Gasteiger partial charge in [0.2, 0.25) is 0 Å². The summed E-state index contributed by atoms with van der Waals surface area (Å²) in [5, 5.41) is 0. The third-order valence-corrected chi connectivity index (χ3v) is 3.72. The van der Waals surface area contributed by atoms with Gasteiger partial charge in [0.05, 0.1) is 19.8 Å². The first-order valence-electron chi connectivity index (χ1n) is 6.66. The van der Waals surface area contributed by atoms with Crippen LogP contribution in [0, 0.1) is 5.41 Å². The van der Waals surface area contributed by atoms with E-state index in [-0.39, 0.29) is 12.1 Å². The third-order valence-electron chi connectivity index (χ3n) is 3.72. The number of ether oxygens (including phenoxy) is 2. The van der Waals surface area contributed by atoms with Gasteiger partial charge < -0.3 is 9.47 Å². The SMILES string of the molecule is C=CC[C@@]1(C(=O)OC)CC(=C)CO[C@@H]1c1ccccc1. The van der Waals surface area contributed by atoms with E-state index in [1.165, 1.54) is 7.11 Å². The van der Waals surface area contributed by atoms with Crippen molar-refractivity contribution in [2.75, 3.05) is 13.7 Å². The first kappa shape index (κ1) is 14.5. The Labute approximate surface area is 119 Å². The first-order chi connectivity index (χ1) is 9.64. The minimum Gasteiger partial charge on any atom is -0.468 e. The summed E-state index contributed by atoms with van der Waals surface area (Å²) < 4.78 is 11.0. The molecule has 3 nitrogen and oxygen atoms in total. The molecule has 2 atom stereocenters. The quantitative estimate of drug-likeness (QED) is 0.622. The smallest absolute Gasteiger partial charge is 0.315 e. The summed E-state index contributed by atoms with van der Waals surface area (Å²) in [7, 11) is 1.41. The lowest BCUT2D eigenvalue weighted by Crippen LogP contribution is -2.43. The average molecular weight is 272 g/mol. The molecule has 0 amide bonds. The lowest BCUT2D eigenvalue weighted by molar-refractivity contribution is -0.168. The molecule has 0 N–H and O–H groups in total. The van der Waals surface area contributed by atoms with Crippen molar-refractivity contribution in [2.45, 2.75) is 18.9 Å². The summed E-state index contributed by atoms with van der Waals surface area (Å²) in [6.45, 7) is 8.21. The van der Waals surface area contributed by atoms with E-state index in [4.69, 9.17) is 9.47 Å². The molecule has 0 bridgehead atoms. The Morgan fingerprint density at radius 2 is 2.20 bits per heavy atom. The van der Waals surface area contributed by atoms with E-state index in [1.807, 2.05) is 30.3 Å². The molecule has 3 heteroatoms. The Balaban J connectivity index is 2.47. The Morgan fingerprint density at radius 1 is 1.50 bits per heavy atom. The zero-order valence-corrected chi connectivity index (χ0v) is 11.8. The molecule has 0 spiro atoms. The van der Waals surface area contributed by atoms with Crippen molar-refractivity contribution in [3.8, 4) is 0 Å². The molecule has 106 valence electrons. The maximum atomic E-state index is 12.4. The van der Waals surface area contributed by atoms with E-state index in [0.29, 0.717) is 19.4 Å². The van der Waals surface area contributed by atoms with Crippen molar-refractivity contribution < 1.29 is 14.3 Å². The second-order valence-corrected chi connectivity index (χ2v) is 5.17. The fourth-order valence-corrected chi connectivity index (χ4v) is 2.90. The summed E-state index contributed by atoms with van der Waals surface area (Å²) in [5.41, 5.74) is 1.12. The van der Waals surface area contributed by atoms with Crippen LogP contribution >= 0.6 is 0 Å². The number of hydrogen-bond acceptors (Lipinski definition) is 3. The monoisotopic (exact) mass is 272 g/mol. The van der Waals surface area contributed by atoms with Gasteiger partial charge in [-0.05, 0) is 18.4 Å². The van der Waals surface area contributed by atoms with Crippen LogP contribution in [0.3, 0.4) is 0 Å². The van der Waals surface area contributed by atoms with Crippen LogP contribution in [0.4, 0.5) is 0 Å². The van der Waals surface area contributed by atoms with Crippen LogP contribution in [0.5, 0.6) is 0 Å². The van der Waals surface area contributed by atoms with E-state index < -0.39 is 5.41 Å². The molecule has 1 saturated heterocycles. The predicted octanol–water partition coefficient (Wildman–Crippen LogP) is 3.44. The van der Waals surface area contributed by atoms with Gasteiger partial charge in [0.15, 0.2) is 0 Å². The predicted molar refractivity (Wildman–Crippen MR) is 78.2 cm³/mol. The van der Waals surface area contributed by atoms with Gasteiger partial charge in [-0.1, -0.05) is 48.6 Å². The molecule has 0 aliphatic carbocycles. The molecule has 20 heavy (non-hydrogen) atoms. The molecule has 1 aliphatic rings. The Hall–Kier alpha value is -1.87. The van der Waals surface area contributed by atoms with Gasteiger partial charge in [-0.3, -0.25) is 4.79 Å². The van der Waals surface area contributed by atoms with Crippen LogP contribution < -0.4 is 0 Å². The van der Waals surface area contributed by atoms with Crippen LogP contribution in [0.1, 0.15) is 24.5 Å². The highest BCUT2D eigenvalue weighted by Gasteiger charge is 2.50. The molecule has 0 radical (unpaired) electrons. The van der Waals surface area contributed by atoms with Crippen molar-refractivity contribution in [1.82, 2.24) is 0 Å². The van der Waals surface area contributed by atoms with Gasteiger partial charge in [0.1, 0.15) is 5.41 Å². The third kappa shape index (κ3) is 2.54. The molecule has 1 fully saturated rings. The summed E-state index contributed by atoms with van der Waals surface area (Å²) in [6, 6.07) is 9.77. The molecule has 0 unspecified atom stereocenters. The topological polar surface area (TPSA) is 35.5 Å². The molecule has 0 aromatic heterocycles. The minimum atomic E-state index is -0.771. The number of esters is 1. The normalized spacial score (nSPS) is 26.1. The summed E-state index contributed by atoms with van der Waals surface area (Å²) >= 11 is 0. The molecular formula is C17H20O3. The highest BCUT2D eigenvalue weighted by Crippen LogP contribution is 2.49. The number of carbonyl (C=O) groups excluding carboxylic acids is 1. The lowest BCUT2D eigenvalue weighted by Gasteiger charge is -2.42. The zero-order valence-electron chi connectivity index (χ0n) is 11.8. The standard InChI is InChI=1S/C17H20O3/c1-4-10-17(16(18)19-3)11-13(2)12-20-15(17)14-8-6-5-7-9-14/h4-9,15H,1-2,10-12H2,3H3/t15-,17-/m1/s1. The number of carbonyl (C=O) groups is 1. The van der Waals surface area contributed by atoms with Crippen LogP contribution in [0.2, 0.25) is 0 Å². The minimum absolute atomic E-state index is 0.271. The molecular weight excluding hydrogens is 252 g/mol. The Morgan fingerprint density at radius 3 is 2.80 bits per heavy atom. The van der Waals surface area contributed by atoms with Crippen molar-refractivity contribution in [3.05, 3.63) is 60.7 Å². The molecule has 1 heterocycles. The van der Waals surface area contributed by atoms with Gasteiger partial charge >= 0.3 is 5.97 Å².